The summed E-state index contributed by atoms with van der Waals surface area (Å²) in [6.07, 6.45) is 14.2. The van der Waals surface area contributed by atoms with Gasteiger partial charge in [0.1, 0.15) is 0 Å². The highest BCUT2D eigenvalue weighted by Gasteiger charge is 2.22. The van der Waals surface area contributed by atoms with Crippen LogP contribution in [0, 0.1) is 11.8 Å². The van der Waals surface area contributed by atoms with Gasteiger partial charge in [-0.25, -0.2) is 8.78 Å². The summed E-state index contributed by atoms with van der Waals surface area (Å²) in [5.41, 5.74) is 8.30. The summed E-state index contributed by atoms with van der Waals surface area (Å²) < 4.78 is 25.2. The van der Waals surface area contributed by atoms with Gasteiger partial charge in [0, 0.05) is 12.1 Å². The monoisotopic (exact) mass is 361 g/mol. The van der Waals surface area contributed by atoms with Crippen LogP contribution in [0.25, 0.3) is 6.08 Å². The number of benzene rings is 1. The van der Waals surface area contributed by atoms with Crippen molar-refractivity contribution < 1.29 is 8.78 Å². The fourth-order valence-electron chi connectivity index (χ4n) is 3.91. The molecule has 26 heavy (non-hydrogen) atoms. The lowest BCUT2D eigenvalue weighted by Crippen LogP contribution is -2.20. The van der Waals surface area contributed by atoms with E-state index in [1.54, 1.807) is 12.1 Å². The van der Waals surface area contributed by atoms with E-state index in [0.29, 0.717) is 12.5 Å². The molecular formula is C23H33F2N. The molecule has 0 aliphatic heterocycles. The molecule has 0 saturated heterocycles. The topological polar surface area (TPSA) is 26.0 Å². The van der Waals surface area contributed by atoms with E-state index in [1.807, 2.05) is 12.2 Å². The molecule has 0 atom stereocenters. The van der Waals surface area contributed by atoms with Crippen LogP contribution < -0.4 is 5.73 Å². The molecule has 1 aliphatic rings. The molecule has 0 amide bonds. The van der Waals surface area contributed by atoms with Crippen LogP contribution in [0.2, 0.25) is 0 Å². The van der Waals surface area contributed by atoms with Crippen LogP contribution >= 0.6 is 0 Å². The molecule has 144 valence electrons. The Morgan fingerprint density at radius 2 is 1.81 bits per heavy atom. The van der Waals surface area contributed by atoms with E-state index in [0.717, 1.165) is 11.5 Å². The predicted molar refractivity (Wildman–Crippen MR) is 107 cm³/mol. The molecule has 1 aromatic carbocycles. The SMILES string of the molecule is CCCCCC1CCC(/C(=C/C=C/c2ccc(C(F)F)cc2)CN)CC1. The van der Waals surface area contributed by atoms with E-state index in [-0.39, 0.29) is 5.56 Å². The lowest BCUT2D eigenvalue weighted by molar-refractivity contribution is 0.151. The van der Waals surface area contributed by atoms with Crippen molar-refractivity contribution in [3.8, 4) is 0 Å². The first-order valence-electron chi connectivity index (χ1n) is 10.1. The number of allylic oxidation sites excluding steroid dienone is 2. The van der Waals surface area contributed by atoms with Crippen LogP contribution in [0.3, 0.4) is 0 Å². The molecule has 0 aromatic heterocycles. The van der Waals surface area contributed by atoms with Crippen molar-refractivity contribution in [3.05, 3.63) is 53.1 Å². The molecule has 2 N–H and O–H groups in total. The molecular weight excluding hydrogens is 328 g/mol. The Labute approximate surface area is 157 Å². The van der Waals surface area contributed by atoms with Crippen molar-refractivity contribution >= 4 is 6.08 Å². The summed E-state index contributed by atoms with van der Waals surface area (Å²) in [6, 6.07) is 6.43. The van der Waals surface area contributed by atoms with Crippen LogP contribution in [0.15, 0.2) is 42.0 Å². The number of hydrogen-bond donors (Lipinski definition) is 1. The van der Waals surface area contributed by atoms with E-state index in [9.17, 15) is 8.78 Å². The third kappa shape index (κ3) is 6.68. The molecule has 3 heteroatoms. The van der Waals surface area contributed by atoms with Crippen LogP contribution in [-0.2, 0) is 0 Å². The van der Waals surface area contributed by atoms with Crippen molar-refractivity contribution in [1.29, 1.82) is 0 Å². The Kier molecular flexibility index (Phi) is 9.04. The minimum Gasteiger partial charge on any atom is -0.327 e. The zero-order chi connectivity index (χ0) is 18.8. The third-order valence-corrected chi connectivity index (χ3v) is 5.61. The van der Waals surface area contributed by atoms with Crippen molar-refractivity contribution in [2.45, 2.75) is 64.7 Å². The van der Waals surface area contributed by atoms with Crippen molar-refractivity contribution in [2.75, 3.05) is 6.54 Å². The quantitative estimate of drug-likeness (QED) is 0.375. The number of unbranched alkanes of at least 4 members (excludes halogenated alkanes) is 2. The van der Waals surface area contributed by atoms with E-state index >= 15 is 0 Å². The van der Waals surface area contributed by atoms with E-state index in [2.05, 4.69) is 13.0 Å². The van der Waals surface area contributed by atoms with E-state index in [4.69, 9.17) is 5.73 Å². The lowest BCUT2D eigenvalue weighted by Gasteiger charge is -2.30. The van der Waals surface area contributed by atoms with Gasteiger partial charge in [-0.3, -0.25) is 0 Å². The summed E-state index contributed by atoms with van der Waals surface area (Å²) in [6.45, 7) is 2.86. The number of rotatable bonds is 9. The zero-order valence-electron chi connectivity index (χ0n) is 16.0. The first kappa shape index (κ1) is 20.8. The average molecular weight is 362 g/mol. The molecule has 0 unspecified atom stereocenters. The molecule has 0 spiro atoms. The third-order valence-electron chi connectivity index (χ3n) is 5.61. The maximum atomic E-state index is 12.6. The van der Waals surface area contributed by atoms with Gasteiger partial charge < -0.3 is 5.73 Å². The summed E-state index contributed by atoms with van der Waals surface area (Å²) in [7, 11) is 0. The van der Waals surface area contributed by atoms with Gasteiger partial charge in [-0.15, -0.1) is 0 Å². The van der Waals surface area contributed by atoms with Gasteiger partial charge in [0.05, 0.1) is 0 Å². The first-order chi connectivity index (χ1) is 12.6. The Hall–Kier alpha value is -1.48. The molecule has 1 aliphatic carbocycles. The number of halogens is 2. The van der Waals surface area contributed by atoms with Gasteiger partial charge in [0.2, 0.25) is 0 Å². The van der Waals surface area contributed by atoms with Crippen molar-refractivity contribution in [3.63, 3.8) is 0 Å². The van der Waals surface area contributed by atoms with E-state index in [1.165, 1.54) is 69.1 Å². The summed E-state index contributed by atoms with van der Waals surface area (Å²) >= 11 is 0. The summed E-state index contributed by atoms with van der Waals surface area (Å²) in [4.78, 5) is 0. The summed E-state index contributed by atoms with van der Waals surface area (Å²) in [5, 5.41) is 0. The van der Waals surface area contributed by atoms with Crippen LogP contribution in [-0.4, -0.2) is 6.54 Å². The van der Waals surface area contributed by atoms with Gasteiger partial charge in [0.25, 0.3) is 6.43 Å². The number of hydrogen-bond acceptors (Lipinski definition) is 1. The molecule has 0 radical (unpaired) electrons. The van der Waals surface area contributed by atoms with Crippen molar-refractivity contribution in [1.82, 2.24) is 0 Å². The molecule has 0 bridgehead atoms. The molecule has 1 saturated carbocycles. The summed E-state index contributed by atoms with van der Waals surface area (Å²) in [5.74, 6) is 1.51. The van der Waals surface area contributed by atoms with Crippen LogP contribution in [0.1, 0.15) is 75.8 Å². The fraction of sp³-hybridized carbons (Fsp3) is 0.565. The number of nitrogens with two attached hydrogens (primary N) is 1. The molecule has 1 nitrogen and oxygen atoms in total. The molecule has 1 aromatic rings. The normalized spacial score (nSPS) is 21.7. The van der Waals surface area contributed by atoms with Crippen LogP contribution in [0.4, 0.5) is 8.78 Å². The Morgan fingerprint density at radius 3 is 2.38 bits per heavy atom. The second-order valence-electron chi connectivity index (χ2n) is 7.49. The van der Waals surface area contributed by atoms with E-state index < -0.39 is 6.43 Å². The van der Waals surface area contributed by atoms with Gasteiger partial charge in [0.15, 0.2) is 0 Å². The maximum Gasteiger partial charge on any atom is 0.263 e. The van der Waals surface area contributed by atoms with Gasteiger partial charge in [-0.05, 0) is 43.1 Å². The lowest BCUT2D eigenvalue weighted by atomic mass is 9.76. The predicted octanol–water partition coefficient (Wildman–Crippen LogP) is 6.91. The van der Waals surface area contributed by atoms with Crippen LogP contribution in [0.5, 0.6) is 0 Å². The fourth-order valence-corrected chi connectivity index (χ4v) is 3.91. The zero-order valence-corrected chi connectivity index (χ0v) is 16.0. The molecule has 1 fully saturated rings. The standard InChI is InChI=1S/C23H33F2N/c1-2-3-4-6-18-9-13-20(14-10-18)22(17-26)8-5-7-19-11-15-21(16-12-19)23(24)25/h5,7-8,11-12,15-16,18,20,23H,2-4,6,9-10,13-14,17,26H2,1H3/b7-5+,22-8+. The van der Waals surface area contributed by atoms with Gasteiger partial charge in [-0.2, -0.15) is 0 Å². The first-order valence-corrected chi connectivity index (χ1v) is 10.1. The number of alkyl halides is 2. The highest BCUT2D eigenvalue weighted by atomic mass is 19.3. The average Bonchev–Trinajstić information content (AvgIpc) is 2.66. The second kappa shape index (κ2) is 11.3. The Morgan fingerprint density at radius 1 is 1.12 bits per heavy atom. The minimum atomic E-state index is -2.41. The highest BCUT2D eigenvalue weighted by molar-refractivity contribution is 5.52. The Bertz CT molecular complexity index is 566. The molecule has 0 heterocycles. The second-order valence-corrected chi connectivity index (χ2v) is 7.49. The maximum absolute atomic E-state index is 12.6. The molecule has 2 rings (SSSR count). The van der Waals surface area contributed by atoms with Crippen molar-refractivity contribution in [2.24, 2.45) is 17.6 Å². The Balaban J connectivity index is 1.86. The van der Waals surface area contributed by atoms with Gasteiger partial charge >= 0.3 is 0 Å². The van der Waals surface area contributed by atoms with Gasteiger partial charge in [-0.1, -0.05) is 80.7 Å². The smallest absolute Gasteiger partial charge is 0.263 e. The highest BCUT2D eigenvalue weighted by Crippen LogP contribution is 2.35. The largest absolute Gasteiger partial charge is 0.327 e. The minimum absolute atomic E-state index is 0.0658.